The lowest BCUT2D eigenvalue weighted by Crippen LogP contribution is -1.98. The summed E-state index contributed by atoms with van der Waals surface area (Å²) < 4.78 is 1.76. The second kappa shape index (κ2) is 6.53. The van der Waals surface area contributed by atoms with Gasteiger partial charge in [-0.25, -0.2) is 0 Å². The van der Waals surface area contributed by atoms with Gasteiger partial charge in [0.2, 0.25) is 0 Å². The molecule has 0 aliphatic carbocycles. The molecular formula is C16H17ClN2O. The minimum Gasteiger partial charge on any atom is -0.289 e. The summed E-state index contributed by atoms with van der Waals surface area (Å²) in [6.07, 6.45) is 6.94. The van der Waals surface area contributed by atoms with Crippen molar-refractivity contribution >= 4 is 23.5 Å². The third-order valence-corrected chi connectivity index (χ3v) is 3.35. The molecule has 0 bridgehead atoms. The molecule has 3 nitrogen and oxygen atoms in total. The van der Waals surface area contributed by atoms with Crippen LogP contribution in [0.3, 0.4) is 0 Å². The summed E-state index contributed by atoms with van der Waals surface area (Å²) in [6.45, 7) is 4.71. The highest BCUT2D eigenvalue weighted by molar-refractivity contribution is 6.17. The van der Waals surface area contributed by atoms with Crippen LogP contribution in [0.25, 0.3) is 6.08 Å². The smallest absolute Gasteiger partial charge is 0.185 e. The van der Waals surface area contributed by atoms with Gasteiger partial charge in [-0.2, -0.15) is 5.10 Å². The zero-order valence-corrected chi connectivity index (χ0v) is 12.4. The van der Waals surface area contributed by atoms with Crippen LogP contribution in [-0.2, 0) is 6.54 Å². The molecule has 0 aliphatic rings. The van der Waals surface area contributed by atoms with Crippen LogP contribution in [0.4, 0.5) is 0 Å². The number of nitrogens with zero attached hydrogens (tertiary/aromatic N) is 2. The van der Waals surface area contributed by atoms with Crippen molar-refractivity contribution in [3.8, 4) is 0 Å². The van der Waals surface area contributed by atoms with E-state index >= 15 is 0 Å². The predicted molar refractivity (Wildman–Crippen MR) is 82.2 cm³/mol. The molecule has 0 spiro atoms. The molecule has 0 saturated carbocycles. The van der Waals surface area contributed by atoms with Gasteiger partial charge in [0, 0.05) is 23.2 Å². The van der Waals surface area contributed by atoms with Gasteiger partial charge in [0.25, 0.3) is 0 Å². The molecule has 0 aliphatic heterocycles. The van der Waals surface area contributed by atoms with Gasteiger partial charge < -0.3 is 0 Å². The molecule has 0 N–H and O–H groups in total. The normalized spacial score (nSPS) is 11.2. The van der Waals surface area contributed by atoms with Crippen molar-refractivity contribution in [1.82, 2.24) is 9.78 Å². The Kier molecular flexibility index (Phi) is 4.74. The maximum Gasteiger partial charge on any atom is 0.185 e. The zero-order valence-electron chi connectivity index (χ0n) is 11.6. The molecular weight excluding hydrogens is 272 g/mol. The number of carbonyl (C=O) groups is 1. The van der Waals surface area contributed by atoms with Gasteiger partial charge in [0.1, 0.15) is 0 Å². The highest BCUT2D eigenvalue weighted by Gasteiger charge is 2.03. The third-order valence-electron chi connectivity index (χ3n) is 3.19. The fraction of sp³-hybridized carbons (Fsp3) is 0.250. The largest absolute Gasteiger partial charge is 0.289 e. The lowest BCUT2D eigenvalue weighted by atomic mass is 10.0. The molecule has 2 rings (SSSR count). The Morgan fingerprint density at radius 2 is 2.15 bits per heavy atom. The van der Waals surface area contributed by atoms with Crippen LogP contribution in [0.5, 0.6) is 0 Å². The van der Waals surface area contributed by atoms with E-state index in [4.69, 9.17) is 11.6 Å². The topological polar surface area (TPSA) is 34.9 Å². The van der Waals surface area contributed by atoms with Crippen molar-refractivity contribution in [3.63, 3.8) is 0 Å². The molecule has 4 heteroatoms. The first-order chi connectivity index (χ1) is 9.60. The number of ketones is 1. The molecule has 0 saturated heterocycles. The van der Waals surface area contributed by atoms with Crippen molar-refractivity contribution in [1.29, 1.82) is 0 Å². The Morgan fingerprint density at radius 1 is 1.35 bits per heavy atom. The maximum atomic E-state index is 12.1. The van der Waals surface area contributed by atoms with Crippen LogP contribution in [0.2, 0.25) is 0 Å². The monoisotopic (exact) mass is 288 g/mol. The van der Waals surface area contributed by atoms with Crippen molar-refractivity contribution in [2.24, 2.45) is 0 Å². The minimum absolute atomic E-state index is 0.00167. The van der Waals surface area contributed by atoms with Crippen LogP contribution in [0.1, 0.15) is 27.0 Å². The lowest BCUT2D eigenvalue weighted by molar-refractivity contribution is 0.104. The number of aromatic nitrogens is 2. The van der Waals surface area contributed by atoms with E-state index in [1.54, 1.807) is 23.0 Å². The Labute approximate surface area is 123 Å². The Bertz CT molecular complexity index is 644. The Morgan fingerprint density at radius 3 is 2.85 bits per heavy atom. The summed E-state index contributed by atoms with van der Waals surface area (Å²) in [5.74, 6) is 0.519. The highest BCUT2D eigenvalue weighted by Crippen LogP contribution is 2.11. The predicted octanol–water partition coefficient (Wildman–Crippen LogP) is 3.63. The molecule has 0 atom stereocenters. The Hall–Kier alpha value is -1.87. The lowest BCUT2D eigenvalue weighted by Gasteiger charge is -2.01. The van der Waals surface area contributed by atoms with Gasteiger partial charge in [-0.05, 0) is 43.2 Å². The van der Waals surface area contributed by atoms with Crippen LogP contribution < -0.4 is 0 Å². The Balaban J connectivity index is 2.09. The van der Waals surface area contributed by atoms with E-state index in [9.17, 15) is 4.79 Å². The molecule has 1 aromatic heterocycles. The van der Waals surface area contributed by atoms with Crippen LogP contribution in [0.15, 0.2) is 36.7 Å². The fourth-order valence-electron chi connectivity index (χ4n) is 1.84. The van der Waals surface area contributed by atoms with E-state index in [0.29, 0.717) is 18.0 Å². The van der Waals surface area contributed by atoms with E-state index in [0.717, 1.165) is 11.1 Å². The number of carbonyl (C=O) groups excluding carboxylic acids is 1. The number of benzene rings is 1. The summed E-state index contributed by atoms with van der Waals surface area (Å²) in [5.41, 5.74) is 3.91. The molecule has 0 amide bonds. The van der Waals surface area contributed by atoms with Gasteiger partial charge >= 0.3 is 0 Å². The van der Waals surface area contributed by atoms with Crippen molar-refractivity contribution in [2.75, 3.05) is 5.88 Å². The van der Waals surface area contributed by atoms with Gasteiger partial charge in [-0.3, -0.25) is 9.48 Å². The van der Waals surface area contributed by atoms with Gasteiger partial charge in [-0.15, -0.1) is 11.6 Å². The second-order valence-corrected chi connectivity index (χ2v) is 5.10. The first-order valence-electron chi connectivity index (χ1n) is 6.48. The molecule has 0 radical (unpaired) electrons. The first kappa shape index (κ1) is 14.5. The van der Waals surface area contributed by atoms with E-state index in [1.807, 2.05) is 38.2 Å². The summed E-state index contributed by atoms with van der Waals surface area (Å²) >= 11 is 5.65. The number of halogens is 1. The molecule has 0 unspecified atom stereocenters. The number of alkyl halides is 1. The molecule has 20 heavy (non-hydrogen) atoms. The van der Waals surface area contributed by atoms with Crippen molar-refractivity contribution < 1.29 is 4.79 Å². The third kappa shape index (κ3) is 3.58. The average molecular weight is 289 g/mol. The number of rotatable bonds is 5. The van der Waals surface area contributed by atoms with E-state index in [1.165, 1.54) is 5.56 Å². The SMILES string of the molecule is Cc1ccc(C(=O)C=Cc2cnn(CCCl)c2)cc1C. The molecule has 1 heterocycles. The van der Waals surface area contributed by atoms with E-state index in [-0.39, 0.29) is 5.78 Å². The van der Waals surface area contributed by atoms with Gasteiger partial charge in [0.15, 0.2) is 5.78 Å². The molecule has 2 aromatic rings. The van der Waals surface area contributed by atoms with Gasteiger partial charge in [-0.1, -0.05) is 12.1 Å². The maximum absolute atomic E-state index is 12.1. The minimum atomic E-state index is -0.00167. The van der Waals surface area contributed by atoms with Crippen LogP contribution in [-0.4, -0.2) is 21.4 Å². The van der Waals surface area contributed by atoms with E-state index in [2.05, 4.69) is 5.10 Å². The van der Waals surface area contributed by atoms with Crippen LogP contribution >= 0.6 is 11.6 Å². The summed E-state index contributed by atoms with van der Waals surface area (Å²) in [7, 11) is 0. The van der Waals surface area contributed by atoms with E-state index < -0.39 is 0 Å². The summed E-state index contributed by atoms with van der Waals surface area (Å²) in [6, 6.07) is 5.74. The number of allylic oxidation sites excluding steroid dienone is 1. The van der Waals surface area contributed by atoms with Crippen molar-refractivity contribution in [2.45, 2.75) is 20.4 Å². The summed E-state index contributed by atoms with van der Waals surface area (Å²) in [5, 5.41) is 4.15. The zero-order chi connectivity index (χ0) is 14.5. The molecule has 104 valence electrons. The standard InChI is InChI=1S/C16H17ClN2O/c1-12-3-5-15(9-13(12)2)16(20)6-4-14-10-18-19(11-14)8-7-17/h3-6,9-11H,7-8H2,1-2H3. The quantitative estimate of drug-likeness (QED) is 0.478. The highest BCUT2D eigenvalue weighted by atomic mass is 35.5. The van der Waals surface area contributed by atoms with Crippen LogP contribution in [0, 0.1) is 13.8 Å². The molecule has 0 fully saturated rings. The van der Waals surface area contributed by atoms with Crippen molar-refractivity contribution in [3.05, 3.63) is 58.9 Å². The number of hydrogen-bond donors (Lipinski definition) is 0. The number of hydrogen-bond acceptors (Lipinski definition) is 2. The average Bonchev–Trinajstić information content (AvgIpc) is 2.87. The number of aryl methyl sites for hydroxylation is 3. The molecule has 1 aromatic carbocycles. The first-order valence-corrected chi connectivity index (χ1v) is 7.01. The summed E-state index contributed by atoms with van der Waals surface area (Å²) in [4.78, 5) is 12.1. The fourth-order valence-corrected chi connectivity index (χ4v) is 2.01. The van der Waals surface area contributed by atoms with Gasteiger partial charge in [0.05, 0.1) is 12.7 Å². The second-order valence-electron chi connectivity index (χ2n) is 4.72.